The van der Waals surface area contributed by atoms with Gasteiger partial charge in [-0.25, -0.2) is 9.59 Å². The molecule has 1 atom stereocenters. The molecule has 0 amide bonds. The van der Waals surface area contributed by atoms with Gasteiger partial charge >= 0.3 is 12.1 Å². The highest BCUT2D eigenvalue weighted by Crippen LogP contribution is 1.99. The van der Waals surface area contributed by atoms with Gasteiger partial charge in [-0.2, -0.15) is 0 Å². The molecule has 0 heterocycles. The number of ether oxygens (including phenoxy) is 3. The lowest BCUT2D eigenvalue weighted by molar-refractivity contribution is -0.145. The summed E-state index contributed by atoms with van der Waals surface area (Å²) in [7, 11) is 1.20. The summed E-state index contributed by atoms with van der Waals surface area (Å²) in [6.07, 6.45) is -1.32. The fraction of sp³-hybridized carbons (Fsp3) is 0.556. The van der Waals surface area contributed by atoms with Gasteiger partial charge in [-0.15, -0.1) is 0 Å². The Morgan fingerprint density at radius 3 is 2.43 bits per heavy atom. The van der Waals surface area contributed by atoms with E-state index < -0.39 is 18.2 Å². The summed E-state index contributed by atoms with van der Waals surface area (Å²) in [5.74, 6) is -0.508. The molecule has 0 aromatic rings. The number of carbonyl (C=O) groups is 2. The predicted molar refractivity (Wildman–Crippen MR) is 48.7 cm³/mol. The topological polar surface area (TPSA) is 61.8 Å². The van der Waals surface area contributed by atoms with Crippen molar-refractivity contribution in [3.8, 4) is 0 Å². The van der Waals surface area contributed by atoms with Gasteiger partial charge < -0.3 is 14.2 Å². The highest BCUT2D eigenvalue weighted by atomic mass is 16.7. The number of rotatable bonds is 4. The predicted octanol–water partition coefficient (Wildman–Crippen LogP) is 1.28. The Kier molecular flexibility index (Phi) is 5.36. The summed E-state index contributed by atoms with van der Waals surface area (Å²) in [5, 5.41) is 0. The Morgan fingerprint density at radius 2 is 2.00 bits per heavy atom. The van der Waals surface area contributed by atoms with Crippen LogP contribution in [-0.4, -0.2) is 31.9 Å². The van der Waals surface area contributed by atoms with Gasteiger partial charge in [0, 0.05) is 5.57 Å². The molecule has 0 aliphatic heterocycles. The minimum Gasteiger partial charge on any atom is -0.456 e. The smallest absolute Gasteiger partial charge is 0.456 e. The molecule has 0 aliphatic carbocycles. The zero-order chi connectivity index (χ0) is 11.1. The monoisotopic (exact) mass is 202 g/mol. The van der Waals surface area contributed by atoms with E-state index in [1.807, 2.05) is 0 Å². The summed E-state index contributed by atoms with van der Waals surface area (Å²) < 4.78 is 13.6. The summed E-state index contributed by atoms with van der Waals surface area (Å²) >= 11 is 0. The molecule has 0 aliphatic rings. The van der Waals surface area contributed by atoms with Gasteiger partial charge in [-0.3, -0.25) is 0 Å². The lowest BCUT2D eigenvalue weighted by atomic mass is 10.3. The average Bonchev–Trinajstić information content (AvgIpc) is 2.13. The summed E-state index contributed by atoms with van der Waals surface area (Å²) in [4.78, 5) is 21.5. The molecule has 0 saturated carbocycles. The first-order valence-electron chi connectivity index (χ1n) is 4.04. The third kappa shape index (κ3) is 5.18. The third-order valence-electron chi connectivity index (χ3n) is 1.26. The van der Waals surface area contributed by atoms with E-state index in [1.54, 1.807) is 6.92 Å². The standard InChI is InChI=1S/C9H14O5/c1-6(2)8(10)14-7(3)5-13-9(11)12-4/h7H,1,5H2,2-4H3. The average molecular weight is 202 g/mol. The Balaban J connectivity index is 3.76. The van der Waals surface area contributed by atoms with Crippen LogP contribution in [0.1, 0.15) is 13.8 Å². The zero-order valence-corrected chi connectivity index (χ0v) is 8.53. The van der Waals surface area contributed by atoms with Crippen molar-refractivity contribution in [2.24, 2.45) is 0 Å². The van der Waals surface area contributed by atoms with E-state index in [2.05, 4.69) is 16.1 Å². The number of hydrogen-bond donors (Lipinski definition) is 0. The van der Waals surface area contributed by atoms with Crippen LogP contribution in [0.15, 0.2) is 12.2 Å². The molecule has 0 aromatic carbocycles. The van der Waals surface area contributed by atoms with Gasteiger partial charge in [-0.1, -0.05) is 6.58 Å². The Labute approximate surface area is 82.6 Å². The maximum absolute atomic E-state index is 11.0. The van der Waals surface area contributed by atoms with Gasteiger partial charge in [0.05, 0.1) is 7.11 Å². The maximum Gasteiger partial charge on any atom is 0.508 e. The summed E-state index contributed by atoms with van der Waals surface area (Å²) in [6.45, 7) is 6.52. The van der Waals surface area contributed by atoms with Gasteiger partial charge in [-0.05, 0) is 13.8 Å². The largest absolute Gasteiger partial charge is 0.508 e. The molecule has 0 radical (unpaired) electrons. The molecule has 0 bridgehead atoms. The van der Waals surface area contributed by atoms with Crippen molar-refractivity contribution in [1.29, 1.82) is 0 Å². The van der Waals surface area contributed by atoms with Crippen LogP contribution in [0.3, 0.4) is 0 Å². The molecular weight excluding hydrogens is 188 g/mol. The van der Waals surface area contributed by atoms with Gasteiger partial charge in [0.15, 0.2) is 0 Å². The van der Waals surface area contributed by atoms with Crippen LogP contribution in [0, 0.1) is 0 Å². The van der Waals surface area contributed by atoms with Crippen LogP contribution in [-0.2, 0) is 19.0 Å². The van der Waals surface area contributed by atoms with Crippen molar-refractivity contribution >= 4 is 12.1 Å². The molecule has 0 aromatic heterocycles. The van der Waals surface area contributed by atoms with E-state index in [4.69, 9.17) is 4.74 Å². The van der Waals surface area contributed by atoms with Crippen LogP contribution in [0.2, 0.25) is 0 Å². The minimum absolute atomic E-state index is 0.0360. The number of hydrogen-bond acceptors (Lipinski definition) is 5. The lowest BCUT2D eigenvalue weighted by Gasteiger charge is -2.12. The van der Waals surface area contributed by atoms with Crippen molar-refractivity contribution in [2.45, 2.75) is 20.0 Å². The van der Waals surface area contributed by atoms with Crippen LogP contribution in [0.5, 0.6) is 0 Å². The van der Waals surface area contributed by atoms with E-state index in [-0.39, 0.29) is 6.61 Å². The second-order valence-corrected chi connectivity index (χ2v) is 2.76. The van der Waals surface area contributed by atoms with Crippen molar-refractivity contribution in [3.05, 3.63) is 12.2 Å². The van der Waals surface area contributed by atoms with Crippen LogP contribution in [0.25, 0.3) is 0 Å². The van der Waals surface area contributed by atoms with Crippen molar-refractivity contribution in [2.75, 3.05) is 13.7 Å². The quantitative estimate of drug-likeness (QED) is 0.507. The number of esters is 1. The fourth-order valence-corrected chi connectivity index (χ4v) is 0.562. The van der Waals surface area contributed by atoms with E-state index >= 15 is 0 Å². The first-order valence-corrected chi connectivity index (χ1v) is 4.04. The van der Waals surface area contributed by atoms with Crippen molar-refractivity contribution in [3.63, 3.8) is 0 Å². The van der Waals surface area contributed by atoms with Crippen LogP contribution >= 0.6 is 0 Å². The molecule has 0 saturated heterocycles. The second kappa shape index (κ2) is 6.01. The normalized spacial score (nSPS) is 11.4. The first-order chi connectivity index (χ1) is 6.47. The first kappa shape index (κ1) is 12.5. The minimum atomic E-state index is -0.803. The maximum atomic E-state index is 11.0. The van der Waals surface area contributed by atoms with Crippen LogP contribution in [0.4, 0.5) is 4.79 Å². The van der Waals surface area contributed by atoms with Crippen molar-refractivity contribution in [1.82, 2.24) is 0 Å². The molecule has 0 spiro atoms. The summed E-state index contributed by atoms with van der Waals surface area (Å²) in [5.41, 5.74) is 0.301. The molecule has 5 nitrogen and oxygen atoms in total. The number of carbonyl (C=O) groups excluding carboxylic acids is 2. The second-order valence-electron chi connectivity index (χ2n) is 2.76. The third-order valence-corrected chi connectivity index (χ3v) is 1.26. The lowest BCUT2D eigenvalue weighted by Crippen LogP contribution is -2.22. The molecule has 1 unspecified atom stereocenters. The van der Waals surface area contributed by atoms with Crippen LogP contribution < -0.4 is 0 Å². The Hall–Kier alpha value is -1.52. The van der Waals surface area contributed by atoms with Gasteiger partial charge in [0.1, 0.15) is 12.7 Å². The molecule has 80 valence electrons. The molecule has 0 N–H and O–H groups in total. The van der Waals surface area contributed by atoms with E-state index in [0.717, 1.165) is 0 Å². The highest BCUT2D eigenvalue weighted by molar-refractivity contribution is 5.87. The molecular formula is C9H14O5. The Morgan fingerprint density at radius 1 is 1.43 bits per heavy atom. The molecule has 5 heteroatoms. The van der Waals surface area contributed by atoms with Gasteiger partial charge in [0.25, 0.3) is 0 Å². The van der Waals surface area contributed by atoms with E-state index in [9.17, 15) is 9.59 Å². The van der Waals surface area contributed by atoms with Crippen molar-refractivity contribution < 1.29 is 23.8 Å². The molecule has 0 rings (SSSR count). The van der Waals surface area contributed by atoms with Gasteiger partial charge in [0.2, 0.25) is 0 Å². The summed E-state index contributed by atoms with van der Waals surface area (Å²) in [6, 6.07) is 0. The van der Waals surface area contributed by atoms with E-state index in [0.29, 0.717) is 5.57 Å². The Bertz CT molecular complexity index is 233. The SMILES string of the molecule is C=C(C)C(=O)OC(C)COC(=O)OC. The molecule has 0 fully saturated rings. The van der Waals surface area contributed by atoms with E-state index in [1.165, 1.54) is 14.0 Å². The molecule has 14 heavy (non-hydrogen) atoms. The highest BCUT2D eigenvalue weighted by Gasteiger charge is 2.12. The number of methoxy groups -OCH3 is 1. The zero-order valence-electron chi connectivity index (χ0n) is 8.53. The fourth-order valence-electron chi connectivity index (χ4n) is 0.562.